The van der Waals surface area contributed by atoms with Crippen LogP contribution in [0.2, 0.25) is 0 Å². The Labute approximate surface area is 427 Å². The van der Waals surface area contributed by atoms with E-state index in [9.17, 15) is 19.9 Å². The van der Waals surface area contributed by atoms with Crippen LogP contribution in [0.5, 0.6) is 0 Å². The molecule has 5 aliphatic rings. The molecule has 5 saturated heterocycles. The number of carbonyl (C=O) groups is 3. The van der Waals surface area contributed by atoms with Crippen LogP contribution >= 0.6 is 0 Å². The van der Waals surface area contributed by atoms with Crippen molar-refractivity contribution in [3.8, 4) is 0 Å². The maximum atomic E-state index is 12.2. The predicted molar refractivity (Wildman–Crippen MR) is 247 cm³/mol. The highest BCUT2D eigenvalue weighted by Crippen LogP contribution is 2.43. The lowest BCUT2D eigenvalue weighted by Gasteiger charge is -2.51. The van der Waals surface area contributed by atoms with Gasteiger partial charge in [0.1, 0.15) is 38.1 Å². The Kier molecular flexibility index (Phi) is 26.0. The van der Waals surface area contributed by atoms with E-state index in [1.807, 2.05) is 55.4 Å². The third kappa shape index (κ3) is 16.5. The van der Waals surface area contributed by atoms with Gasteiger partial charge in [0.15, 0.2) is 31.5 Å². The predicted octanol–water partition coefficient (Wildman–Crippen LogP) is 4.78. The monoisotopic (exact) mass is 1050 g/mol. The van der Waals surface area contributed by atoms with E-state index in [4.69, 9.17) is 85.5 Å². The Hall–Kier alpha value is -3.96. The van der Waals surface area contributed by atoms with Gasteiger partial charge in [0.05, 0.1) is 48.8 Å². The Bertz CT molecular complexity index is 1850. The van der Waals surface area contributed by atoms with E-state index in [1.165, 1.54) is 20.8 Å². The maximum Gasteiger partial charge on any atom is 0.373 e. The van der Waals surface area contributed by atoms with Crippen molar-refractivity contribution >= 4 is 30.2 Å². The summed E-state index contributed by atoms with van der Waals surface area (Å²) < 4.78 is 87.6. The van der Waals surface area contributed by atoms with Gasteiger partial charge in [0, 0.05) is 63.6 Å². The lowest BCUT2D eigenvalue weighted by molar-refractivity contribution is -0.368. The molecule has 0 aromatic heterocycles. The van der Waals surface area contributed by atoms with Gasteiger partial charge in [-0.15, -0.1) is 0 Å². The molecule has 0 aromatic carbocycles. The second-order valence-electron chi connectivity index (χ2n) is 19.9. The fourth-order valence-electron chi connectivity index (χ4n) is 10.3. The topological polar surface area (TPSA) is 297 Å². The lowest BCUT2D eigenvalue weighted by Crippen LogP contribution is -2.61. The minimum absolute atomic E-state index is 0.00304. The van der Waals surface area contributed by atoms with Crippen molar-refractivity contribution in [2.75, 3.05) is 34.0 Å². The van der Waals surface area contributed by atoms with E-state index in [2.05, 4.69) is 30.8 Å². The van der Waals surface area contributed by atoms with Crippen LogP contribution in [0, 0.1) is 53.3 Å². The number of methoxy groups -OCH3 is 2. The summed E-state index contributed by atoms with van der Waals surface area (Å²) in [5, 5.41) is 4.07. The molecule has 5 aliphatic heterocycles. The summed E-state index contributed by atoms with van der Waals surface area (Å²) >= 11 is 0. The minimum Gasteiger partial charge on any atom is -0.463 e. The Morgan fingerprint density at radius 1 is 0.438 bits per heavy atom. The van der Waals surface area contributed by atoms with Gasteiger partial charge in [0.2, 0.25) is 0 Å². The van der Waals surface area contributed by atoms with Crippen LogP contribution in [0.1, 0.15) is 96.9 Å². The smallest absolute Gasteiger partial charge is 0.373 e. The first-order valence-electron chi connectivity index (χ1n) is 24.8. The summed E-state index contributed by atoms with van der Waals surface area (Å²) in [6, 6.07) is -0.627. The van der Waals surface area contributed by atoms with Crippen molar-refractivity contribution in [1.82, 2.24) is 0 Å². The van der Waals surface area contributed by atoms with Gasteiger partial charge in [-0.05, 0) is 49.0 Å². The number of carbonyl (C=O) groups excluding carboxylic acids is 7. The van der Waals surface area contributed by atoms with E-state index in [0.717, 1.165) is 0 Å². The fourth-order valence-corrected chi connectivity index (χ4v) is 10.3. The highest BCUT2D eigenvalue weighted by atomic mass is 16.8. The number of nitrogens with zero attached hydrogens (tertiary/aromatic N) is 3. The molecule has 0 radical (unpaired) electrons. The molecule has 25 atom stereocenters. The number of azide groups is 1. The first-order valence-corrected chi connectivity index (χ1v) is 24.8. The number of hydrogen-bond acceptors (Lipinski definition) is 22. The van der Waals surface area contributed by atoms with Crippen LogP contribution in [0.15, 0.2) is 5.11 Å². The molecular weight excluding hydrogens is 967 g/mol. The van der Waals surface area contributed by atoms with Gasteiger partial charge < -0.3 is 66.3 Å². The normalized spacial score (nSPS) is 42.3. The van der Waals surface area contributed by atoms with Gasteiger partial charge >= 0.3 is 30.2 Å². The van der Waals surface area contributed by atoms with Crippen LogP contribution in [-0.2, 0) is 99.9 Å². The molecule has 0 bridgehead atoms. The summed E-state index contributed by atoms with van der Waals surface area (Å²) in [7, 11) is 3.21. The van der Waals surface area contributed by atoms with Gasteiger partial charge in [0.25, 0.3) is 0 Å². The average Bonchev–Trinajstić information content (AvgIpc) is 3.33. The van der Waals surface area contributed by atoms with Crippen LogP contribution in [0.3, 0.4) is 0 Å². The molecule has 0 aromatic rings. The number of ether oxygens (including phenoxy) is 14. The SMILES string of the molecule is COC1C(C)[C@H](O[C@@H]2C(COC(C)=O)O[C@H](OC)C(C)[C@H]2C)O[C@@H](C)[C@H]1O[C@H]1O[C@@H](COC(C)=O)[C@@H](O[C@@H]2OC(C)[C@@H](O[C@H]3OC(COC(C)=O)[C@@H](C)[C@H](C)C3N=[N+]=[N-])[C@H](C)C2C)C(C)C1C.O=C=O.O=C=O. The molecule has 24 nitrogen and oxygen atoms in total. The van der Waals surface area contributed by atoms with E-state index in [-0.39, 0.29) is 85.4 Å². The first-order chi connectivity index (χ1) is 34.5. The van der Waals surface area contributed by atoms with Crippen LogP contribution in [0.4, 0.5) is 0 Å². The first kappa shape index (κ1) is 63.3. The Morgan fingerprint density at radius 2 is 0.795 bits per heavy atom. The van der Waals surface area contributed by atoms with Gasteiger partial charge in [-0.2, -0.15) is 19.2 Å². The zero-order chi connectivity index (χ0) is 55.0. The van der Waals surface area contributed by atoms with Crippen molar-refractivity contribution in [3.63, 3.8) is 0 Å². The van der Waals surface area contributed by atoms with Gasteiger partial charge in [-0.1, -0.05) is 67.4 Å². The summed E-state index contributed by atoms with van der Waals surface area (Å²) in [5.74, 6) is -2.63. The van der Waals surface area contributed by atoms with Crippen molar-refractivity contribution in [3.05, 3.63) is 10.4 Å². The van der Waals surface area contributed by atoms with E-state index in [1.54, 1.807) is 14.2 Å². The van der Waals surface area contributed by atoms with E-state index in [0.29, 0.717) is 0 Å². The highest BCUT2D eigenvalue weighted by Gasteiger charge is 2.54. The molecule has 0 saturated carbocycles. The third-order valence-corrected chi connectivity index (χ3v) is 15.3. The molecule has 5 heterocycles. The van der Waals surface area contributed by atoms with Crippen LogP contribution < -0.4 is 0 Å². The van der Waals surface area contributed by atoms with Crippen molar-refractivity contribution in [2.24, 2.45) is 58.4 Å². The molecule has 10 unspecified atom stereocenters. The third-order valence-electron chi connectivity index (χ3n) is 15.3. The second kappa shape index (κ2) is 30.0. The zero-order valence-electron chi connectivity index (χ0n) is 45.0. The van der Waals surface area contributed by atoms with Gasteiger partial charge in [-0.25, -0.2) is 0 Å². The molecular formula is C49H79N3O21. The standard InChI is InChI=1S/C47H79N3O17.2CO2/c1-20-21(2)37(49-50-48)47(61-34(20)17-56-31(12)51)64-38-22(3)26(7)44(59-29(38)10)65-40-24(5)27(8)45(63-36(40)19-58-33(14)53)67-42-30(11)60-46(28(9)41(42)54-15)66-39-23(4)25(6)43(55-16)62-35(39)18-57-32(13)52;2*2-1-3/h20-30,34-47H,17-19H2,1-16H3;;/t20-,21-,22+,23+,24?,25?,26?,27?,28?,29?,30-,34?,35?,36-,37?,38-,39-,40-,41?,42+,43-,44-,45+,46-,47+;;/m0../s1. The number of rotatable bonds is 17. The fraction of sp³-hybridized carbons (Fsp3) is 0.898. The minimum atomic E-state index is -0.908. The van der Waals surface area contributed by atoms with Crippen molar-refractivity contribution in [1.29, 1.82) is 0 Å². The molecule has 0 N–H and O–H groups in total. The molecule has 5 fully saturated rings. The molecule has 0 aliphatic carbocycles. The van der Waals surface area contributed by atoms with E-state index < -0.39 is 116 Å². The molecule has 416 valence electrons. The second-order valence-corrected chi connectivity index (χ2v) is 19.9. The molecule has 73 heavy (non-hydrogen) atoms. The summed E-state index contributed by atoms with van der Waals surface area (Å²) in [4.78, 5) is 71.3. The Morgan fingerprint density at radius 3 is 1.23 bits per heavy atom. The molecule has 24 heteroatoms. The van der Waals surface area contributed by atoms with Crippen molar-refractivity contribution < 1.29 is 99.9 Å². The van der Waals surface area contributed by atoms with Gasteiger partial charge in [-0.3, -0.25) is 14.4 Å². The molecule has 0 amide bonds. The zero-order valence-corrected chi connectivity index (χ0v) is 45.0. The maximum absolute atomic E-state index is 12.2. The van der Waals surface area contributed by atoms with Crippen LogP contribution in [0.25, 0.3) is 10.4 Å². The summed E-state index contributed by atoms with van der Waals surface area (Å²) in [6.07, 6.45) is -8.50. The lowest BCUT2D eigenvalue weighted by atomic mass is 9.81. The quantitative estimate of drug-likeness (QED) is 0.0622. The number of hydrogen-bond donors (Lipinski definition) is 0. The van der Waals surface area contributed by atoms with Crippen LogP contribution in [-0.4, -0.2) is 163 Å². The Balaban J connectivity index is 0.00000223. The molecule has 5 rings (SSSR count). The number of esters is 3. The summed E-state index contributed by atoms with van der Waals surface area (Å²) in [5.41, 5.74) is 9.48. The van der Waals surface area contributed by atoms with E-state index >= 15 is 0 Å². The average molecular weight is 1050 g/mol. The largest absolute Gasteiger partial charge is 0.463 e. The molecule has 0 spiro atoms. The summed E-state index contributed by atoms with van der Waals surface area (Å²) in [6.45, 7) is 26.0. The highest BCUT2D eigenvalue weighted by molar-refractivity contribution is 5.66. The van der Waals surface area contributed by atoms with Crippen molar-refractivity contribution in [2.45, 2.75) is 195 Å².